The summed E-state index contributed by atoms with van der Waals surface area (Å²) in [5.74, 6) is -0.233. The summed E-state index contributed by atoms with van der Waals surface area (Å²) in [6.45, 7) is -0.513. The highest BCUT2D eigenvalue weighted by atomic mass is 19.3. The van der Waals surface area contributed by atoms with Gasteiger partial charge in [0.25, 0.3) is 0 Å². The van der Waals surface area contributed by atoms with Crippen molar-refractivity contribution in [3.8, 4) is 11.5 Å². The van der Waals surface area contributed by atoms with Gasteiger partial charge in [0.2, 0.25) is 5.91 Å². The third-order valence-corrected chi connectivity index (χ3v) is 4.58. The van der Waals surface area contributed by atoms with Crippen molar-refractivity contribution in [3.05, 3.63) is 23.8 Å². The molecule has 29 heavy (non-hydrogen) atoms. The van der Waals surface area contributed by atoms with E-state index in [2.05, 4.69) is 15.4 Å². The zero-order valence-electron chi connectivity index (χ0n) is 16.9. The number of imide groups is 1. The van der Waals surface area contributed by atoms with Gasteiger partial charge in [-0.3, -0.25) is 15.0 Å². The normalized spacial score (nSPS) is 14.7. The molecule has 0 aromatic heterocycles. The van der Waals surface area contributed by atoms with Gasteiger partial charge < -0.3 is 14.8 Å². The summed E-state index contributed by atoms with van der Waals surface area (Å²) in [5.41, 5.74) is 0.761. The summed E-state index contributed by atoms with van der Waals surface area (Å²) >= 11 is 0. The molecule has 3 amide bonds. The van der Waals surface area contributed by atoms with Crippen molar-refractivity contribution < 1.29 is 27.8 Å². The molecule has 0 bridgehead atoms. The number of alkyl halides is 2. The maximum absolute atomic E-state index is 12.5. The lowest BCUT2D eigenvalue weighted by atomic mass is 9.96. The minimum Gasteiger partial charge on any atom is -0.490 e. The molecule has 1 saturated carbocycles. The molecule has 1 aliphatic carbocycles. The number of nitrogens with one attached hydrogen (secondary N) is 2. The Balaban J connectivity index is 1.83. The SMILES string of the molecule is CCOc1cc(CN(C)CC(=O)NC(=O)NC2CCCCC2)ccc1OC(F)F. The second-order valence-electron chi connectivity index (χ2n) is 7.12. The summed E-state index contributed by atoms with van der Waals surface area (Å²) in [7, 11) is 1.72. The summed E-state index contributed by atoms with van der Waals surface area (Å²) in [4.78, 5) is 25.8. The zero-order valence-corrected chi connectivity index (χ0v) is 16.9. The molecular weight excluding hydrogens is 384 g/mol. The minimum absolute atomic E-state index is 0.0113. The highest BCUT2D eigenvalue weighted by Gasteiger charge is 2.18. The molecule has 1 aliphatic rings. The maximum Gasteiger partial charge on any atom is 0.387 e. The Kier molecular flexibility index (Phi) is 9.11. The number of amides is 3. The van der Waals surface area contributed by atoms with Gasteiger partial charge in [-0.2, -0.15) is 8.78 Å². The lowest BCUT2D eigenvalue weighted by Crippen LogP contribution is -2.47. The van der Waals surface area contributed by atoms with Crippen LogP contribution in [0.2, 0.25) is 0 Å². The Morgan fingerprint density at radius 2 is 1.93 bits per heavy atom. The first-order chi connectivity index (χ1) is 13.9. The number of urea groups is 1. The fraction of sp³-hybridized carbons (Fsp3) is 0.600. The summed E-state index contributed by atoms with van der Waals surface area (Å²) in [6.07, 6.45) is 5.24. The fourth-order valence-corrected chi connectivity index (χ4v) is 3.36. The third kappa shape index (κ3) is 8.23. The van der Waals surface area contributed by atoms with E-state index < -0.39 is 18.5 Å². The van der Waals surface area contributed by atoms with Crippen LogP contribution in [0.1, 0.15) is 44.6 Å². The van der Waals surface area contributed by atoms with E-state index in [-0.39, 0.29) is 24.1 Å². The highest BCUT2D eigenvalue weighted by Crippen LogP contribution is 2.30. The van der Waals surface area contributed by atoms with Gasteiger partial charge in [-0.25, -0.2) is 4.79 Å². The van der Waals surface area contributed by atoms with Gasteiger partial charge in [0.05, 0.1) is 13.2 Å². The monoisotopic (exact) mass is 413 g/mol. The van der Waals surface area contributed by atoms with E-state index >= 15 is 0 Å². The van der Waals surface area contributed by atoms with Gasteiger partial charge in [-0.1, -0.05) is 25.3 Å². The van der Waals surface area contributed by atoms with Crippen LogP contribution in [0, 0.1) is 0 Å². The molecular formula is C20H29F2N3O4. The van der Waals surface area contributed by atoms with E-state index in [0.717, 1.165) is 31.2 Å². The first-order valence-electron chi connectivity index (χ1n) is 9.86. The van der Waals surface area contributed by atoms with E-state index in [0.29, 0.717) is 13.2 Å². The summed E-state index contributed by atoms with van der Waals surface area (Å²) in [6, 6.07) is 4.30. The van der Waals surface area contributed by atoms with Crippen LogP contribution in [0.25, 0.3) is 0 Å². The van der Waals surface area contributed by atoms with Crippen LogP contribution in [0.3, 0.4) is 0 Å². The van der Waals surface area contributed by atoms with Crippen molar-refractivity contribution in [2.75, 3.05) is 20.2 Å². The number of hydrogen-bond acceptors (Lipinski definition) is 5. The van der Waals surface area contributed by atoms with Crippen LogP contribution in [0.5, 0.6) is 11.5 Å². The number of ether oxygens (including phenoxy) is 2. The van der Waals surface area contributed by atoms with Crippen molar-refractivity contribution >= 4 is 11.9 Å². The Labute approximate surface area is 169 Å². The topological polar surface area (TPSA) is 79.9 Å². The third-order valence-electron chi connectivity index (χ3n) is 4.58. The molecule has 7 nitrogen and oxygen atoms in total. The largest absolute Gasteiger partial charge is 0.490 e. The van der Waals surface area contributed by atoms with E-state index in [4.69, 9.17) is 4.74 Å². The molecule has 0 saturated heterocycles. The van der Waals surface area contributed by atoms with Gasteiger partial charge in [0.1, 0.15) is 0 Å². The summed E-state index contributed by atoms with van der Waals surface area (Å²) < 4.78 is 34.8. The Morgan fingerprint density at radius 1 is 1.21 bits per heavy atom. The summed E-state index contributed by atoms with van der Waals surface area (Å²) in [5, 5.41) is 5.18. The molecule has 0 aliphatic heterocycles. The Morgan fingerprint density at radius 3 is 2.59 bits per heavy atom. The molecule has 0 spiro atoms. The highest BCUT2D eigenvalue weighted by molar-refractivity contribution is 5.95. The van der Waals surface area contributed by atoms with Gasteiger partial charge >= 0.3 is 12.6 Å². The number of halogens is 2. The smallest absolute Gasteiger partial charge is 0.387 e. The molecule has 1 aromatic carbocycles. The number of rotatable bonds is 9. The molecule has 0 unspecified atom stereocenters. The average Bonchev–Trinajstić information content (AvgIpc) is 2.64. The van der Waals surface area contributed by atoms with E-state index in [9.17, 15) is 18.4 Å². The van der Waals surface area contributed by atoms with Gasteiger partial charge in [-0.05, 0) is 44.5 Å². The lowest BCUT2D eigenvalue weighted by Gasteiger charge is -2.23. The predicted octanol–water partition coefficient (Wildman–Crippen LogP) is 3.28. The van der Waals surface area contributed by atoms with Crippen molar-refractivity contribution in [2.24, 2.45) is 0 Å². The molecule has 162 valence electrons. The number of likely N-dealkylation sites (N-methyl/N-ethyl adjacent to an activating group) is 1. The number of carbonyl (C=O) groups excluding carboxylic acids is 2. The van der Waals surface area contributed by atoms with E-state index in [1.54, 1.807) is 31.0 Å². The quantitative estimate of drug-likeness (QED) is 0.650. The van der Waals surface area contributed by atoms with Crippen molar-refractivity contribution in [2.45, 2.75) is 58.2 Å². The molecule has 2 rings (SSSR count). The number of nitrogens with zero attached hydrogens (tertiary/aromatic N) is 1. The number of carbonyl (C=O) groups is 2. The predicted molar refractivity (Wildman–Crippen MR) is 104 cm³/mol. The van der Waals surface area contributed by atoms with Crippen LogP contribution in [0.15, 0.2) is 18.2 Å². The molecule has 9 heteroatoms. The van der Waals surface area contributed by atoms with Crippen LogP contribution < -0.4 is 20.1 Å². The van der Waals surface area contributed by atoms with E-state index in [1.165, 1.54) is 12.5 Å². The maximum atomic E-state index is 12.5. The van der Waals surface area contributed by atoms with Crippen molar-refractivity contribution in [1.29, 1.82) is 0 Å². The standard InChI is InChI=1S/C20H29F2N3O4/c1-3-28-17-11-14(9-10-16(17)29-19(21)22)12-25(2)13-18(26)24-20(27)23-15-7-5-4-6-8-15/h9-11,15,19H,3-8,12-13H2,1-2H3,(H2,23,24,26,27). The molecule has 1 fully saturated rings. The lowest BCUT2D eigenvalue weighted by molar-refractivity contribution is -0.121. The zero-order chi connectivity index (χ0) is 21.2. The van der Waals surface area contributed by atoms with Crippen molar-refractivity contribution in [1.82, 2.24) is 15.5 Å². The average molecular weight is 413 g/mol. The van der Waals surface area contributed by atoms with Gasteiger partial charge in [0.15, 0.2) is 11.5 Å². The number of benzene rings is 1. The van der Waals surface area contributed by atoms with Gasteiger partial charge in [0, 0.05) is 12.6 Å². The molecule has 2 N–H and O–H groups in total. The van der Waals surface area contributed by atoms with E-state index in [1.807, 2.05) is 0 Å². The van der Waals surface area contributed by atoms with Crippen LogP contribution >= 0.6 is 0 Å². The van der Waals surface area contributed by atoms with Gasteiger partial charge in [-0.15, -0.1) is 0 Å². The molecule has 0 atom stereocenters. The second kappa shape index (κ2) is 11.5. The number of hydrogen-bond donors (Lipinski definition) is 2. The fourth-order valence-electron chi connectivity index (χ4n) is 3.36. The van der Waals surface area contributed by atoms with Crippen molar-refractivity contribution in [3.63, 3.8) is 0 Å². The Hall–Kier alpha value is -2.42. The molecule has 1 aromatic rings. The first kappa shape index (κ1) is 22.9. The molecule has 0 heterocycles. The first-order valence-corrected chi connectivity index (χ1v) is 9.86. The minimum atomic E-state index is -2.94. The second-order valence-corrected chi connectivity index (χ2v) is 7.12. The molecule has 0 radical (unpaired) electrons. The van der Waals surface area contributed by atoms with Crippen LogP contribution in [0.4, 0.5) is 13.6 Å². The van der Waals surface area contributed by atoms with Crippen LogP contribution in [-0.2, 0) is 11.3 Å². The van der Waals surface area contributed by atoms with Crippen LogP contribution in [-0.4, -0.2) is 49.7 Å². The Bertz CT molecular complexity index is 682.